The Hall–Kier alpha value is -2.88. The summed E-state index contributed by atoms with van der Waals surface area (Å²) in [5.41, 5.74) is 4.70. The van der Waals surface area contributed by atoms with Gasteiger partial charge < -0.3 is 8.98 Å². The second-order valence-corrected chi connectivity index (χ2v) is 5.96. The number of aryl methyl sites for hydroxylation is 2. The van der Waals surface area contributed by atoms with Gasteiger partial charge in [-0.2, -0.15) is 0 Å². The van der Waals surface area contributed by atoms with Gasteiger partial charge in [0.1, 0.15) is 5.69 Å². The van der Waals surface area contributed by atoms with Crippen molar-refractivity contribution in [1.29, 1.82) is 0 Å². The first-order valence-electron chi connectivity index (χ1n) is 8.22. The van der Waals surface area contributed by atoms with Gasteiger partial charge in [-0.25, -0.2) is 0 Å². The summed E-state index contributed by atoms with van der Waals surface area (Å²) in [6, 6.07) is 18.9. The molecule has 2 heterocycles. The van der Waals surface area contributed by atoms with Gasteiger partial charge in [0.15, 0.2) is 0 Å². The summed E-state index contributed by atoms with van der Waals surface area (Å²) in [4.78, 5) is 0. The summed E-state index contributed by atoms with van der Waals surface area (Å²) >= 11 is 0. The molecule has 4 rings (SSSR count). The Morgan fingerprint density at radius 2 is 1.79 bits per heavy atom. The molecular formula is C20H19N3O. The molecule has 0 aliphatic heterocycles. The maximum absolute atomic E-state index is 5.81. The Balaban J connectivity index is 1.88. The van der Waals surface area contributed by atoms with Gasteiger partial charge in [-0.05, 0) is 30.2 Å². The van der Waals surface area contributed by atoms with Crippen molar-refractivity contribution in [3.05, 3.63) is 71.6 Å². The highest BCUT2D eigenvalue weighted by Crippen LogP contribution is 2.29. The Labute approximate surface area is 140 Å². The molecule has 0 fully saturated rings. The molecule has 0 N–H and O–H groups in total. The van der Waals surface area contributed by atoms with Gasteiger partial charge in [0, 0.05) is 23.9 Å². The molecule has 0 spiro atoms. The molecule has 0 saturated carbocycles. The predicted molar refractivity (Wildman–Crippen MR) is 94.9 cm³/mol. The van der Waals surface area contributed by atoms with Crippen LogP contribution in [-0.4, -0.2) is 14.8 Å². The first-order chi connectivity index (χ1) is 11.8. The zero-order valence-electron chi connectivity index (χ0n) is 13.9. The number of hydrogen-bond donors (Lipinski definition) is 0. The van der Waals surface area contributed by atoms with Gasteiger partial charge in [-0.15, -0.1) is 10.2 Å². The van der Waals surface area contributed by atoms with E-state index in [9.17, 15) is 0 Å². The van der Waals surface area contributed by atoms with Crippen molar-refractivity contribution >= 4 is 10.9 Å². The van der Waals surface area contributed by atoms with Crippen molar-refractivity contribution in [2.24, 2.45) is 0 Å². The van der Waals surface area contributed by atoms with Crippen LogP contribution in [0.2, 0.25) is 0 Å². The van der Waals surface area contributed by atoms with Gasteiger partial charge in [-0.1, -0.05) is 49.4 Å². The summed E-state index contributed by atoms with van der Waals surface area (Å²) in [6.07, 6.45) is 0.741. The van der Waals surface area contributed by atoms with Crippen molar-refractivity contribution in [3.63, 3.8) is 0 Å². The van der Waals surface area contributed by atoms with E-state index < -0.39 is 0 Å². The lowest BCUT2D eigenvalue weighted by molar-refractivity contribution is 0.509. The van der Waals surface area contributed by atoms with Crippen LogP contribution in [0.15, 0.2) is 59.0 Å². The van der Waals surface area contributed by atoms with Crippen molar-refractivity contribution in [3.8, 4) is 11.6 Å². The van der Waals surface area contributed by atoms with E-state index >= 15 is 0 Å². The maximum Gasteiger partial charge on any atom is 0.264 e. The third kappa shape index (κ3) is 2.50. The SMILES string of the molecule is CCc1nnc(-c2cc3ccccc3n2Cc2ccccc2C)o1. The Bertz CT molecular complexity index is 997. The molecular weight excluding hydrogens is 298 g/mol. The second kappa shape index (κ2) is 5.96. The summed E-state index contributed by atoms with van der Waals surface area (Å²) in [5.74, 6) is 1.24. The molecule has 0 saturated heterocycles. The molecule has 0 bridgehead atoms. The topological polar surface area (TPSA) is 43.9 Å². The minimum atomic E-state index is 0.580. The average molecular weight is 317 g/mol. The van der Waals surface area contributed by atoms with E-state index in [0.29, 0.717) is 11.8 Å². The molecule has 0 unspecified atom stereocenters. The Morgan fingerprint density at radius 1 is 1.00 bits per heavy atom. The molecule has 0 atom stereocenters. The lowest BCUT2D eigenvalue weighted by Crippen LogP contribution is -2.03. The predicted octanol–water partition coefficient (Wildman–Crippen LogP) is 4.61. The van der Waals surface area contributed by atoms with Crippen LogP contribution in [0.5, 0.6) is 0 Å². The number of fused-ring (bicyclic) bond motifs is 1. The lowest BCUT2D eigenvalue weighted by Gasteiger charge is -2.11. The molecule has 24 heavy (non-hydrogen) atoms. The van der Waals surface area contributed by atoms with Gasteiger partial charge in [0.05, 0.1) is 0 Å². The van der Waals surface area contributed by atoms with E-state index in [1.807, 2.05) is 6.92 Å². The first-order valence-corrected chi connectivity index (χ1v) is 8.22. The lowest BCUT2D eigenvalue weighted by atomic mass is 10.1. The van der Waals surface area contributed by atoms with Gasteiger partial charge >= 0.3 is 0 Å². The van der Waals surface area contributed by atoms with Crippen LogP contribution in [0.25, 0.3) is 22.5 Å². The van der Waals surface area contributed by atoms with Gasteiger partial charge in [0.2, 0.25) is 5.89 Å². The van der Waals surface area contributed by atoms with Crippen molar-refractivity contribution < 1.29 is 4.42 Å². The number of hydrogen-bond acceptors (Lipinski definition) is 3. The standard InChI is InChI=1S/C20H19N3O/c1-3-19-21-22-20(24-19)18-12-15-9-6-7-11-17(15)23(18)13-16-10-5-4-8-14(16)2/h4-12H,3,13H2,1-2H3. The number of benzene rings is 2. The van der Waals surface area contributed by atoms with E-state index in [-0.39, 0.29) is 0 Å². The molecule has 0 amide bonds. The smallest absolute Gasteiger partial charge is 0.264 e. The highest BCUT2D eigenvalue weighted by atomic mass is 16.4. The molecule has 4 heteroatoms. The number of nitrogens with zero attached hydrogens (tertiary/aromatic N) is 3. The zero-order chi connectivity index (χ0) is 16.5. The van der Waals surface area contributed by atoms with E-state index in [1.54, 1.807) is 0 Å². The van der Waals surface area contributed by atoms with Crippen molar-refractivity contribution in [2.75, 3.05) is 0 Å². The summed E-state index contributed by atoms with van der Waals surface area (Å²) in [6.45, 7) is 4.93. The fourth-order valence-electron chi connectivity index (χ4n) is 3.02. The summed E-state index contributed by atoms with van der Waals surface area (Å²) in [7, 11) is 0. The number of para-hydroxylation sites is 1. The van der Waals surface area contributed by atoms with E-state index in [2.05, 4.69) is 76.3 Å². The van der Waals surface area contributed by atoms with Crippen LogP contribution in [0.4, 0.5) is 0 Å². The number of rotatable bonds is 4. The van der Waals surface area contributed by atoms with Crippen molar-refractivity contribution in [1.82, 2.24) is 14.8 Å². The molecule has 0 aliphatic carbocycles. The molecule has 0 radical (unpaired) electrons. The quantitative estimate of drug-likeness (QED) is 0.552. The van der Waals surface area contributed by atoms with Crippen LogP contribution in [0.1, 0.15) is 23.9 Å². The normalized spacial score (nSPS) is 11.2. The third-order valence-corrected chi connectivity index (χ3v) is 4.39. The summed E-state index contributed by atoms with van der Waals surface area (Å²) in [5, 5.41) is 9.53. The highest BCUT2D eigenvalue weighted by Gasteiger charge is 2.16. The average Bonchev–Trinajstić information content (AvgIpc) is 3.22. The minimum Gasteiger partial charge on any atom is -0.419 e. The fourth-order valence-corrected chi connectivity index (χ4v) is 3.02. The zero-order valence-corrected chi connectivity index (χ0v) is 13.9. The Kier molecular flexibility index (Phi) is 3.65. The third-order valence-electron chi connectivity index (χ3n) is 4.39. The van der Waals surface area contributed by atoms with Crippen LogP contribution in [0, 0.1) is 6.92 Å². The van der Waals surface area contributed by atoms with Gasteiger partial charge in [0.25, 0.3) is 5.89 Å². The second-order valence-electron chi connectivity index (χ2n) is 5.96. The minimum absolute atomic E-state index is 0.580. The largest absolute Gasteiger partial charge is 0.419 e. The van der Waals surface area contributed by atoms with E-state index in [0.717, 1.165) is 18.7 Å². The number of aromatic nitrogens is 3. The molecule has 2 aromatic carbocycles. The van der Waals surface area contributed by atoms with Crippen LogP contribution < -0.4 is 0 Å². The molecule has 4 nitrogen and oxygen atoms in total. The van der Waals surface area contributed by atoms with E-state index in [1.165, 1.54) is 22.0 Å². The molecule has 120 valence electrons. The summed E-state index contributed by atoms with van der Waals surface area (Å²) < 4.78 is 8.07. The van der Waals surface area contributed by atoms with Crippen molar-refractivity contribution in [2.45, 2.75) is 26.8 Å². The van der Waals surface area contributed by atoms with Crippen LogP contribution in [0.3, 0.4) is 0 Å². The fraction of sp³-hybridized carbons (Fsp3) is 0.200. The van der Waals surface area contributed by atoms with Crippen LogP contribution in [-0.2, 0) is 13.0 Å². The molecule has 0 aliphatic rings. The monoisotopic (exact) mass is 317 g/mol. The maximum atomic E-state index is 5.81. The van der Waals surface area contributed by atoms with E-state index in [4.69, 9.17) is 4.42 Å². The Morgan fingerprint density at radius 3 is 2.58 bits per heavy atom. The molecule has 4 aromatic rings. The van der Waals surface area contributed by atoms with Gasteiger partial charge in [-0.3, -0.25) is 0 Å². The first kappa shape index (κ1) is 14.7. The van der Waals surface area contributed by atoms with Crippen LogP contribution >= 0.6 is 0 Å². The highest BCUT2D eigenvalue weighted by molar-refractivity contribution is 5.85. The molecule has 2 aromatic heterocycles.